The van der Waals surface area contributed by atoms with Gasteiger partial charge < -0.3 is 24.4 Å². The molecule has 0 aliphatic carbocycles. The summed E-state index contributed by atoms with van der Waals surface area (Å²) in [4.78, 5) is 31.2. The van der Waals surface area contributed by atoms with Crippen molar-refractivity contribution in [3.63, 3.8) is 0 Å². The Balaban J connectivity index is 0.000000301. The molecule has 0 bridgehead atoms. The molecule has 38 heavy (non-hydrogen) atoms. The van der Waals surface area contributed by atoms with E-state index >= 15 is 0 Å². The number of alkyl halides is 6. The van der Waals surface area contributed by atoms with Gasteiger partial charge in [0.2, 0.25) is 0 Å². The number of ether oxygens (including phenoxy) is 1. The maximum atomic E-state index is 10.6. The standard InChI is InChI=1S/C18H25N5O.2C2HF3O2/c1-21-15-20-11-17(21)12-22-8-9-24-18(13-22)5-3-7-23(14-18)16-4-2-6-19-10-16;2*3-2(4,5)1(6)7/h2,4,6,10-11,15H,3,5,7-9,12-14H2,1H3;2*(H,6,7). The van der Waals surface area contributed by atoms with Crippen LogP contribution in [-0.2, 0) is 27.9 Å². The van der Waals surface area contributed by atoms with Gasteiger partial charge in [-0.2, -0.15) is 26.3 Å². The van der Waals surface area contributed by atoms with Crippen molar-refractivity contribution in [2.45, 2.75) is 37.3 Å². The maximum Gasteiger partial charge on any atom is 0.490 e. The Bertz CT molecular complexity index is 1020. The fourth-order valence-corrected chi connectivity index (χ4v) is 3.93. The second-order valence-electron chi connectivity index (χ2n) is 8.58. The molecule has 212 valence electrons. The number of nitrogens with zero attached hydrogens (tertiary/aromatic N) is 5. The Morgan fingerprint density at radius 1 is 1.03 bits per heavy atom. The first-order valence-electron chi connectivity index (χ1n) is 11.2. The predicted octanol–water partition coefficient (Wildman–Crippen LogP) is 2.95. The normalized spacial score (nSPS) is 20.1. The second kappa shape index (κ2) is 12.9. The van der Waals surface area contributed by atoms with E-state index in [0.29, 0.717) is 0 Å². The van der Waals surface area contributed by atoms with Gasteiger partial charge in [0.05, 0.1) is 36.1 Å². The highest BCUT2D eigenvalue weighted by molar-refractivity contribution is 5.73. The molecule has 4 heterocycles. The van der Waals surface area contributed by atoms with Crippen molar-refractivity contribution in [3.05, 3.63) is 42.7 Å². The van der Waals surface area contributed by atoms with Crippen molar-refractivity contribution in [1.82, 2.24) is 19.4 Å². The van der Waals surface area contributed by atoms with Crippen molar-refractivity contribution < 1.29 is 50.9 Å². The number of imidazole rings is 1. The Morgan fingerprint density at radius 3 is 2.16 bits per heavy atom. The number of hydrogen-bond acceptors (Lipinski definition) is 7. The minimum absolute atomic E-state index is 0.0645. The highest BCUT2D eigenvalue weighted by Crippen LogP contribution is 2.31. The maximum absolute atomic E-state index is 10.6. The SMILES string of the molecule is Cn1cncc1CN1CCOC2(CCCN(c3cccnc3)C2)C1.O=C(O)C(F)(F)F.O=C(O)C(F)(F)F. The Kier molecular flexibility index (Phi) is 10.5. The number of carbonyl (C=O) groups is 2. The summed E-state index contributed by atoms with van der Waals surface area (Å²) in [5.41, 5.74) is 2.39. The summed E-state index contributed by atoms with van der Waals surface area (Å²) in [7, 11) is 2.06. The number of anilines is 1. The predicted molar refractivity (Wildman–Crippen MR) is 120 cm³/mol. The lowest BCUT2D eigenvalue weighted by atomic mass is 9.90. The number of aromatic nitrogens is 3. The summed E-state index contributed by atoms with van der Waals surface area (Å²) in [6, 6.07) is 4.15. The van der Waals surface area contributed by atoms with E-state index in [1.165, 1.54) is 11.4 Å². The van der Waals surface area contributed by atoms with Gasteiger partial charge in [0.15, 0.2) is 0 Å². The van der Waals surface area contributed by atoms with Crippen LogP contribution in [0.2, 0.25) is 0 Å². The highest BCUT2D eigenvalue weighted by atomic mass is 19.4. The zero-order chi connectivity index (χ0) is 28.6. The smallest absolute Gasteiger partial charge is 0.475 e. The lowest BCUT2D eigenvalue weighted by Gasteiger charge is -2.48. The average molecular weight is 555 g/mol. The van der Waals surface area contributed by atoms with E-state index < -0.39 is 24.3 Å². The monoisotopic (exact) mass is 555 g/mol. The molecule has 1 unspecified atom stereocenters. The highest BCUT2D eigenvalue weighted by Gasteiger charge is 2.41. The number of hydrogen-bond donors (Lipinski definition) is 2. The van der Waals surface area contributed by atoms with Gasteiger partial charge >= 0.3 is 24.3 Å². The van der Waals surface area contributed by atoms with E-state index in [2.05, 4.69) is 37.4 Å². The van der Waals surface area contributed by atoms with Crippen LogP contribution in [0.15, 0.2) is 37.1 Å². The summed E-state index contributed by atoms with van der Waals surface area (Å²) in [6.45, 7) is 5.74. The summed E-state index contributed by atoms with van der Waals surface area (Å²) >= 11 is 0. The van der Waals surface area contributed by atoms with Gasteiger partial charge in [-0.3, -0.25) is 9.88 Å². The summed E-state index contributed by atoms with van der Waals surface area (Å²) in [5.74, 6) is -5.51. The van der Waals surface area contributed by atoms with E-state index in [1.807, 2.05) is 31.0 Å². The van der Waals surface area contributed by atoms with Crippen molar-refractivity contribution in [2.75, 3.05) is 37.7 Å². The van der Waals surface area contributed by atoms with Crippen LogP contribution in [0.3, 0.4) is 0 Å². The zero-order valence-corrected chi connectivity index (χ0v) is 20.2. The van der Waals surface area contributed by atoms with E-state index in [0.717, 1.165) is 52.2 Å². The first-order valence-corrected chi connectivity index (χ1v) is 11.2. The molecular weight excluding hydrogens is 528 g/mol. The molecule has 2 saturated heterocycles. The van der Waals surface area contributed by atoms with Gasteiger partial charge in [-0.05, 0) is 25.0 Å². The molecule has 2 fully saturated rings. The van der Waals surface area contributed by atoms with Crippen LogP contribution in [-0.4, -0.2) is 92.3 Å². The summed E-state index contributed by atoms with van der Waals surface area (Å²) < 4.78 is 71.9. The second-order valence-corrected chi connectivity index (χ2v) is 8.58. The molecule has 10 nitrogen and oxygen atoms in total. The van der Waals surface area contributed by atoms with Gasteiger partial charge in [0, 0.05) is 52.2 Å². The lowest BCUT2D eigenvalue weighted by molar-refractivity contribution is -0.193. The molecule has 1 atom stereocenters. The first-order chi connectivity index (χ1) is 17.6. The van der Waals surface area contributed by atoms with E-state index in [9.17, 15) is 26.3 Å². The molecule has 2 aliphatic rings. The molecule has 2 aromatic heterocycles. The Morgan fingerprint density at radius 2 is 1.66 bits per heavy atom. The van der Waals surface area contributed by atoms with Crippen molar-refractivity contribution >= 4 is 17.6 Å². The van der Waals surface area contributed by atoms with Crippen molar-refractivity contribution in [2.24, 2.45) is 7.05 Å². The van der Waals surface area contributed by atoms with E-state index in [-0.39, 0.29) is 5.60 Å². The van der Waals surface area contributed by atoms with Gasteiger partial charge in [0.1, 0.15) is 0 Å². The molecular formula is C22H27F6N5O5. The fraction of sp³-hybridized carbons (Fsp3) is 0.545. The molecule has 0 radical (unpaired) electrons. The molecule has 0 saturated carbocycles. The number of aliphatic carboxylic acids is 2. The Labute approximate surface area is 213 Å². The molecule has 2 aromatic rings. The zero-order valence-electron chi connectivity index (χ0n) is 20.2. The number of halogens is 6. The number of carboxylic acid groups (broad SMARTS) is 2. The fourth-order valence-electron chi connectivity index (χ4n) is 3.93. The van der Waals surface area contributed by atoms with Crippen LogP contribution in [0.1, 0.15) is 18.5 Å². The number of pyridine rings is 1. The van der Waals surface area contributed by atoms with Gasteiger partial charge in [-0.25, -0.2) is 14.6 Å². The molecule has 16 heteroatoms. The molecule has 2 aliphatic heterocycles. The molecule has 4 rings (SSSR count). The Hall–Kier alpha value is -3.40. The molecule has 0 amide bonds. The van der Waals surface area contributed by atoms with Crippen LogP contribution < -0.4 is 4.90 Å². The van der Waals surface area contributed by atoms with Crippen LogP contribution in [0.25, 0.3) is 0 Å². The first kappa shape index (κ1) is 30.8. The third kappa shape index (κ3) is 9.48. The largest absolute Gasteiger partial charge is 0.490 e. The molecule has 0 aromatic carbocycles. The quantitative estimate of drug-likeness (QED) is 0.551. The lowest BCUT2D eigenvalue weighted by Crippen LogP contribution is -2.59. The topological polar surface area (TPSA) is 121 Å². The average Bonchev–Trinajstić information content (AvgIpc) is 3.23. The number of aryl methyl sites for hydroxylation is 1. The third-order valence-electron chi connectivity index (χ3n) is 5.67. The van der Waals surface area contributed by atoms with Crippen molar-refractivity contribution in [1.29, 1.82) is 0 Å². The van der Waals surface area contributed by atoms with Gasteiger partial charge in [-0.15, -0.1) is 0 Å². The van der Waals surface area contributed by atoms with E-state index in [1.54, 1.807) is 0 Å². The summed E-state index contributed by atoms with van der Waals surface area (Å²) in [6.07, 6.45) is -0.257. The van der Waals surface area contributed by atoms with Crippen LogP contribution in [0, 0.1) is 0 Å². The number of rotatable bonds is 3. The van der Waals surface area contributed by atoms with Crippen LogP contribution in [0.4, 0.5) is 32.0 Å². The van der Waals surface area contributed by atoms with Crippen LogP contribution in [0.5, 0.6) is 0 Å². The van der Waals surface area contributed by atoms with Gasteiger partial charge in [-0.1, -0.05) is 0 Å². The van der Waals surface area contributed by atoms with Crippen molar-refractivity contribution in [3.8, 4) is 0 Å². The molecule has 2 N–H and O–H groups in total. The van der Waals surface area contributed by atoms with Crippen LogP contribution >= 0.6 is 0 Å². The number of carboxylic acids is 2. The molecule has 1 spiro atoms. The number of piperidine rings is 1. The summed E-state index contributed by atoms with van der Waals surface area (Å²) in [5, 5.41) is 14.2. The van der Waals surface area contributed by atoms with E-state index in [4.69, 9.17) is 24.5 Å². The number of morpholine rings is 1. The minimum atomic E-state index is -5.08. The third-order valence-corrected chi connectivity index (χ3v) is 5.67. The minimum Gasteiger partial charge on any atom is -0.475 e. The van der Waals surface area contributed by atoms with Gasteiger partial charge in [0.25, 0.3) is 0 Å².